The lowest BCUT2D eigenvalue weighted by Gasteiger charge is -2.27. The smallest absolute Gasteiger partial charge is 0.328 e. The van der Waals surface area contributed by atoms with E-state index in [9.17, 15) is 24.6 Å². The molecule has 0 aromatic carbocycles. The molecule has 1 aromatic heterocycles. The molecular weight excluding hydrogens is 466 g/mol. The summed E-state index contributed by atoms with van der Waals surface area (Å²) in [6.07, 6.45) is 6.98. The Kier molecular flexibility index (Phi) is 11.1. The lowest BCUT2D eigenvalue weighted by Crippen LogP contribution is -2.42. The molecule has 2 heterocycles. The van der Waals surface area contributed by atoms with E-state index in [0.29, 0.717) is 0 Å². The number of ether oxygens (including phenoxy) is 1. The summed E-state index contributed by atoms with van der Waals surface area (Å²) in [6, 6.07) is -0.956. The van der Waals surface area contributed by atoms with Crippen molar-refractivity contribution in [1.82, 2.24) is 15.6 Å². The van der Waals surface area contributed by atoms with Crippen molar-refractivity contribution in [2.45, 2.75) is 71.8 Å². The van der Waals surface area contributed by atoms with Gasteiger partial charge in [-0.2, -0.15) is 0 Å². The number of cyclic esters (lactones) is 1. The standard InChI is InChI=1S/C26H37N3O7/c1-15(2)24-17(4)8-9-22(32)27-10-6-7-16(3)11-19(30)12-20(31)13-23-29-21(14-35-23)25(33)28-18(5)26(34)36-24/h6-9,11,14-15,17-20,24,30-31H,10,12-13H2,1-5H3,(H,27,32)(H,28,33)/b7-6+,9-8+,16-11+. The number of carbonyl (C=O) groups is 3. The van der Waals surface area contributed by atoms with Crippen molar-refractivity contribution in [3.63, 3.8) is 0 Å². The van der Waals surface area contributed by atoms with Gasteiger partial charge in [0.05, 0.1) is 18.6 Å². The highest BCUT2D eigenvalue weighted by Gasteiger charge is 2.28. The van der Waals surface area contributed by atoms with E-state index < -0.39 is 36.2 Å². The van der Waals surface area contributed by atoms with E-state index in [-0.39, 0.29) is 48.7 Å². The SMILES string of the molecule is CC1=C\C(O)CC(O)Cc2nc(co2)C(=O)NC(C)C(=O)OC(C(C)C)C(C)/C=C/C(=O)NC\C=C\1. The van der Waals surface area contributed by atoms with Crippen LogP contribution in [0.1, 0.15) is 57.4 Å². The molecule has 0 radical (unpaired) electrons. The number of nitrogens with zero attached hydrogens (tertiary/aromatic N) is 1. The molecule has 10 nitrogen and oxygen atoms in total. The second kappa shape index (κ2) is 13.7. The number of oxazole rings is 1. The number of aromatic nitrogens is 1. The van der Waals surface area contributed by atoms with E-state index in [2.05, 4.69) is 15.6 Å². The molecule has 0 aliphatic carbocycles. The summed E-state index contributed by atoms with van der Waals surface area (Å²) >= 11 is 0. The average molecular weight is 504 g/mol. The zero-order chi connectivity index (χ0) is 26.8. The van der Waals surface area contributed by atoms with E-state index in [4.69, 9.17) is 9.15 Å². The van der Waals surface area contributed by atoms with Crippen molar-refractivity contribution in [1.29, 1.82) is 0 Å². The number of fused-ring (bicyclic) bond motifs is 2. The van der Waals surface area contributed by atoms with Crippen molar-refractivity contribution >= 4 is 17.8 Å². The highest BCUT2D eigenvalue weighted by Crippen LogP contribution is 2.19. The molecule has 1 aromatic rings. The molecule has 4 N–H and O–H groups in total. The number of allylic oxidation sites excluding steroid dienone is 2. The maximum absolute atomic E-state index is 12.7. The summed E-state index contributed by atoms with van der Waals surface area (Å²) in [5.74, 6) is -1.70. The van der Waals surface area contributed by atoms with E-state index in [1.807, 2.05) is 20.8 Å². The average Bonchev–Trinajstić information content (AvgIpc) is 3.25. The largest absolute Gasteiger partial charge is 0.460 e. The van der Waals surface area contributed by atoms with Crippen LogP contribution in [0.15, 0.2) is 46.6 Å². The van der Waals surface area contributed by atoms with Crippen LogP contribution in [0.25, 0.3) is 0 Å². The zero-order valence-electron chi connectivity index (χ0n) is 21.4. The van der Waals surface area contributed by atoms with Crippen molar-refractivity contribution in [3.05, 3.63) is 53.8 Å². The maximum Gasteiger partial charge on any atom is 0.328 e. The molecule has 0 saturated heterocycles. The van der Waals surface area contributed by atoms with Gasteiger partial charge in [0.1, 0.15) is 18.4 Å². The van der Waals surface area contributed by atoms with Crippen molar-refractivity contribution < 1.29 is 33.8 Å². The number of hydrogen-bond donors (Lipinski definition) is 4. The van der Waals surface area contributed by atoms with Crippen LogP contribution in [0.3, 0.4) is 0 Å². The fourth-order valence-corrected chi connectivity index (χ4v) is 3.73. The lowest BCUT2D eigenvalue weighted by atomic mass is 9.94. The van der Waals surface area contributed by atoms with Gasteiger partial charge in [-0.05, 0) is 25.8 Å². The molecule has 5 atom stereocenters. The van der Waals surface area contributed by atoms with Crippen LogP contribution in [0.2, 0.25) is 0 Å². The van der Waals surface area contributed by atoms with Crippen molar-refractivity contribution in [2.24, 2.45) is 11.8 Å². The number of aliphatic hydroxyl groups is 2. The first-order valence-electron chi connectivity index (χ1n) is 12.1. The highest BCUT2D eigenvalue weighted by atomic mass is 16.5. The van der Waals surface area contributed by atoms with E-state index in [1.54, 1.807) is 31.2 Å². The highest BCUT2D eigenvalue weighted by molar-refractivity contribution is 5.94. The monoisotopic (exact) mass is 503 g/mol. The quantitative estimate of drug-likeness (QED) is 0.424. The van der Waals surface area contributed by atoms with Gasteiger partial charge in [0.15, 0.2) is 11.6 Å². The number of amides is 2. The molecule has 1 aliphatic rings. The normalized spacial score (nSPS) is 30.9. The number of nitrogens with one attached hydrogen (secondary N) is 2. The van der Waals surface area contributed by atoms with Gasteiger partial charge in [0.25, 0.3) is 5.91 Å². The Morgan fingerprint density at radius 3 is 2.56 bits per heavy atom. The third kappa shape index (κ3) is 9.43. The molecule has 10 heteroatoms. The predicted molar refractivity (Wildman–Crippen MR) is 133 cm³/mol. The first-order valence-corrected chi connectivity index (χ1v) is 12.1. The minimum absolute atomic E-state index is 0.00233. The fraction of sp³-hybridized carbons (Fsp3) is 0.538. The number of rotatable bonds is 1. The van der Waals surface area contributed by atoms with Gasteiger partial charge >= 0.3 is 5.97 Å². The van der Waals surface area contributed by atoms with E-state index in [0.717, 1.165) is 11.8 Å². The maximum atomic E-state index is 12.7. The molecule has 2 amide bonds. The molecular formula is C26H37N3O7. The Balaban J connectivity index is 2.24. The number of esters is 1. The van der Waals surface area contributed by atoms with Gasteiger partial charge in [0.2, 0.25) is 5.91 Å². The molecule has 5 unspecified atom stereocenters. The van der Waals surface area contributed by atoms with Crippen molar-refractivity contribution in [2.75, 3.05) is 6.54 Å². The van der Waals surface area contributed by atoms with Crippen LogP contribution in [-0.2, 0) is 20.7 Å². The van der Waals surface area contributed by atoms with E-state index in [1.165, 1.54) is 13.0 Å². The summed E-state index contributed by atoms with van der Waals surface area (Å²) in [7, 11) is 0. The van der Waals surface area contributed by atoms with E-state index >= 15 is 0 Å². The molecule has 0 fully saturated rings. The van der Waals surface area contributed by atoms with Crippen LogP contribution in [0.5, 0.6) is 0 Å². The molecule has 198 valence electrons. The Bertz CT molecular complexity index is 995. The molecule has 0 saturated carbocycles. The Labute approximate surface area is 211 Å². The first-order chi connectivity index (χ1) is 17.0. The van der Waals surface area contributed by atoms with Crippen LogP contribution in [-0.4, -0.2) is 63.9 Å². The molecule has 2 bridgehead atoms. The van der Waals surface area contributed by atoms with Crippen LogP contribution in [0, 0.1) is 11.8 Å². The zero-order valence-corrected chi connectivity index (χ0v) is 21.4. The summed E-state index contributed by atoms with van der Waals surface area (Å²) in [6.45, 7) is 9.24. The van der Waals surface area contributed by atoms with Gasteiger partial charge in [-0.3, -0.25) is 9.59 Å². The first kappa shape index (κ1) is 29.0. The molecule has 2 rings (SSSR count). The molecule has 1 aliphatic heterocycles. The Morgan fingerprint density at radius 2 is 1.86 bits per heavy atom. The molecule has 0 spiro atoms. The minimum atomic E-state index is -0.959. The van der Waals surface area contributed by atoms with Gasteiger partial charge in [0, 0.05) is 18.9 Å². The number of aliphatic hydroxyl groups excluding tert-OH is 2. The van der Waals surface area contributed by atoms with Gasteiger partial charge < -0.3 is 30.0 Å². The van der Waals surface area contributed by atoms with Gasteiger partial charge in [-0.1, -0.05) is 50.6 Å². The number of carbonyl (C=O) groups excluding carboxylic acids is 3. The van der Waals surface area contributed by atoms with Crippen molar-refractivity contribution in [3.8, 4) is 0 Å². The van der Waals surface area contributed by atoms with Gasteiger partial charge in [-0.25, -0.2) is 9.78 Å². The third-order valence-electron chi connectivity index (χ3n) is 5.62. The second-order valence-electron chi connectivity index (χ2n) is 9.40. The third-order valence-corrected chi connectivity index (χ3v) is 5.62. The Morgan fingerprint density at radius 1 is 1.14 bits per heavy atom. The second-order valence-corrected chi connectivity index (χ2v) is 9.40. The fourth-order valence-electron chi connectivity index (χ4n) is 3.73. The molecule has 36 heavy (non-hydrogen) atoms. The van der Waals surface area contributed by atoms with Crippen LogP contribution in [0.4, 0.5) is 0 Å². The topological polar surface area (TPSA) is 151 Å². The lowest BCUT2D eigenvalue weighted by molar-refractivity contribution is -0.155. The summed E-state index contributed by atoms with van der Waals surface area (Å²) in [4.78, 5) is 41.5. The van der Waals surface area contributed by atoms with Crippen LogP contribution < -0.4 is 10.6 Å². The summed E-state index contributed by atoms with van der Waals surface area (Å²) < 4.78 is 10.9. The summed E-state index contributed by atoms with van der Waals surface area (Å²) in [5, 5.41) is 25.8. The minimum Gasteiger partial charge on any atom is -0.460 e. The van der Waals surface area contributed by atoms with Gasteiger partial charge in [-0.15, -0.1) is 0 Å². The number of hydrogen-bond acceptors (Lipinski definition) is 8. The van der Waals surface area contributed by atoms with Crippen LogP contribution >= 0.6 is 0 Å². The Hall–Kier alpha value is -3.24. The predicted octanol–water partition coefficient (Wildman–Crippen LogP) is 1.84. The summed E-state index contributed by atoms with van der Waals surface area (Å²) in [5.41, 5.74) is 0.719.